The number of halogens is 1. The quantitative estimate of drug-likeness (QED) is 0.769. The summed E-state index contributed by atoms with van der Waals surface area (Å²) in [7, 11) is 0. The zero-order valence-electron chi connectivity index (χ0n) is 10.3. The van der Waals surface area contributed by atoms with Crippen LogP contribution >= 0.6 is 11.6 Å². The van der Waals surface area contributed by atoms with E-state index in [4.69, 9.17) is 21.1 Å². The van der Waals surface area contributed by atoms with Crippen molar-refractivity contribution in [3.05, 3.63) is 0 Å². The summed E-state index contributed by atoms with van der Waals surface area (Å²) < 4.78 is 11.0. The highest BCUT2D eigenvalue weighted by Gasteiger charge is 2.34. The third kappa shape index (κ3) is 3.61. The van der Waals surface area contributed by atoms with Gasteiger partial charge in [-0.05, 0) is 27.7 Å². The molecule has 0 aromatic carbocycles. The van der Waals surface area contributed by atoms with Gasteiger partial charge in [-0.15, -0.1) is 11.6 Å². The molecule has 1 rings (SSSR count). The van der Waals surface area contributed by atoms with Crippen LogP contribution in [-0.4, -0.2) is 36.8 Å². The van der Waals surface area contributed by atoms with Crippen molar-refractivity contribution >= 4 is 17.5 Å². The molecule has 1 aliphatic rings. The number of carbonyl (C=O) groups excluding carboxylic acids is 1. The topological polar surface area (TPSA) is 47.6 Å². The summed E-state index contributed by atoms with van der Waals surface area (Å²) in [4.78, 5) is 11.7. The van der Waals surface area contributed by atoms with Crippen LogP contribution in [-0.2, 0) is 14.3 Å². The predicted molar refractivity (Wildman–Crippen MR) is 62.4 cm³/mol. The van der Waals surface area contributed by atoms with Crippen LogP contribution in [0.1, 0.15) is 27.7 Å². The van der Waals surface area contributed by atoms with Crippen LogP contribution in [0.25, 0.3) is 0 Å². The molecule has 0 aliphatic carbocycles. The fraction of sp³-hybridized carbons (Fsp3) is 0.909. The van der Waals surface area contributed by atoms with E-state index in [1.54, 1.807) is 0 Å². The first-order chi connectivity index (χ1) is 7.27. The number of amides is 1. The molecule has 0 radical (unpaired) electrons. The molecule has 0 saturated carbocycles. The van der Waals surface area contributed by atoms with Crippen LogP contribution in [0, 0.1) is 5.41 Å². The zero-order chi connectivity index (χ0) is 12.4. The van der Waals surface area contributed by atoms with Gasteiger partial charge in [0, 0.05) is 12.4 Å². The lowest BCUT2D eigenvalue weighted by Gasteiger charge is -2.22. The Morgan fingerprint density at radius 3 is 2.62 bits per heavy atom. The normalized spacial score (nSPS) is 24.4. The number of carbonyl (C=O) groups is 1. The first-order valence-corrected chi connectivity index (χ1v) is 5.96. The molecule has 1 N–H and O–H groups in total. The van der Waals surface area contributed by atoms with Crippen LogP contribution < -0.4 is 5.32 Å². The largest absolute Gasteiger partial charge is 0.353 e. The highest BCUT2D eigenvalue weighted by atomic mass is 35.5. The van der Waals surface area contributed by atoms with E-state index in [9.17, 15) is 4.79 Å². The molecule has 0 bridgehead atoms. The average molecular weight is 250 g/mol. The molecule has 94 valence electrons. The van der Waals surface area contributed by atoms with E-state index in [2.05, 4.69) is 5.32 Å². The van der Waals surface area contributed by atoms with Crippen molar-refractivity contribution < 1.29 is 14.3 Å². The van der Waals surface area contributed by atoms with Crippen molar-refractivity contribution in [1.29, 1.82) is 0 Å². The van der Waals surface area contributed by atoms with Crippen LogP contribution in [0.15, 0.2) is 0 Å². The smallest absolute Gasteiger partial charge is 0.226 e. The maximum absolute atomic E-state index is 11.7. The van der Waals surface area contributed by atoms with Gasteiger partial charge in [0.15, 0.2) is 5.79 Å². The maximum Gasteiger partial charge on any atom is 0.226 e. The second-order valence-electron chi connectivity index (χ2n) is 5.18. The van der Waals surface area contributed by atoms with Gasteiger partial charge in [0.25, 0.3) is 0 Å². The lowest BCUT2D eigenvalue weighted by atomic mass is 9.95. The average Bonchev–Trinajstić information content (AvgIpc) is 2.54. The Bertz CT molecular complexity index is 266. The van der Waals surface area contributed by atoms with E-state index in [1.807, 2.05) is 27.7 Å². The number of nitrogens with one attached hydrogen (secondary N) is 1. The molecule has 1 aliphatic heterocycles. The molecule has 1 atom stereocenters. The molecule has 4 nitrogen and oxygen atoms in total. The van der Waals surface area contributed by atoms with Crippen LogP contribution in [0.4, 0.5) is 0 Å². The Hall–Kier alpha value is -0.320. The van der Waals surface area contributed by atoms with Crippen molar-refractivity contribution in [1.82, 2.24) is 5.32 Å². The Labute approximate surface area is 102 Å². The van der Waals surface area contributed by atoms with Gasteiger partial charge in [0.1, 0.15) is 6.10 Å². The Balaban J connectivity index is 2.34. The number of hydrogen-bond acceptors (Lipinski definition) is 3. The number of hydrogen-bond donors (Lipinski definition) is 1. The van der Waals surface area contributed by atoms with Crippen molar-refractivity contribution in [2.75, 3.05) is 19.0 Å². The summed E-state index contributed by atoms with van der Waals surface area (Å²) in [6.07, 6.45) is -0.0786. The van der Waals surface area contributed by atoms with Gasteiger partial charge in [-0.3, -0.25) is 4.79 Å². The van der Waals surface area contributed by atoms with Gasteiger partial charge in [0.05, 0.1) is 12.0 Å². The van der Waals surface area contributed by atoms with Gasteiger partial charge < -0.3 is 14.8 Å². The maximum atomic E-state index is 11.7. The lowest BCUT2D eigenvalue weighted by molar-refractivity contribution is -0.140. The standard InChI is InChI=1S/C11H20ClNO3/c1-10(2,7-12)9(14)13-5-8-6-15-11(3,4)16-8/h8H,5-7H2,1-4H3,(H,13,14). The summed E-state index contributed by atoms with van der Waals surface area (Å²) >= 11 is 5.71. The molecule has 1 amide bonds. The predicted octanol–water partition coefficient (Wildman–Crippen LogP) is 1.52. The highest BCUT2D eigenvalue weighted by molar-refractivity contribution is 6.19. The van der Waals surface area contributed by atoms with Gasteiger partial charge >= 0.3 is 0 Å². The molecule has 16 heavy (non-hydrogen) atoms. The molecular weight excluding hydrogens is 230 g/mol. The van der Waals surface area contributed by atoms with Crippen LogP contribution in [0.3, 0.4) is 0 Å². The van der Waals surface area contributed by atoms with Gasteiger partial charge in [-0.25, -0.2) is 0 Å². The minimum Gasteiger partial charge on any atom is -0.353 e. The van der Waals surface area contributed by atoms with Crippen molar-refractivity contribution in [2.24, 2.45) is 5.41 Å². The highest BCUT2D eigenvalue weighted by Crippen LogP contribution is 2.22. The summed E-state index contributed by atoms with van der Waals surface area (Å²) in [5.41, 5.74) is -0.545. The second-order valence-corrected chi connectivity index (χ2v) is 5.45. The molecule has 0 spiro atoms. The SMILES string of the molecule is CC1(C)OCC(CNC(=O)C(C)(C)CCl)O1. The summed E-state index contributed by atoms with van der Waals surface area (Å²) in [6.45, 7) is 8.31. The second kappa shape index (κ2) is 4.90. The molecule has 1 heterocycles. The minimum atomic E-state index is -0.545. The third-order valence-corrected chi connectivity index (χ3v) is 3.17. The van der Waals surface area contributed by atoms with E-state index < -0.39 is 11.2 Å². The van der Waals surface area contributed by atoms with Gasteiger partial charge in [-0.1, -0.05) is 0 Å². The van der Waals surface area contributed by atoms with E-state index >= 15 is 0 Å². The fourth-order valence-corrected chi connectivity index (χ4v) is 1.49. The summed E-state index contributed by atoms with van der Waals surface area (Å²) in [5.74, 6) is -0.306. The Kier molecular flexibility index (Phi) is 4.21. The van der Waals surface area contributed by atoms with Gasteiger partial charge in [0.2, 0.25) is 5.91 Å². The molecule has 1 saturated heterocycles. The Morgan fingerprint density at radius 1 is 1.56 bits per heavy atom. The number of alkyl halides is 1. The van der Waals surface area contributed by atoms with E-state index in [0.717, 1.165) is 0 Å². The van der Waals surface area contributed by atoms with Crippen molar-refractivity contribution in [3.63, 3.8) is 0 Å². The first-order valence-electron chi connectivity index (χ1n) is 5.43. The molecule has 0 aromatic rings. The van der Waals surface area contributed by atoms with E-state index in [0.29, 0.717) is 19.0 Å². The van der Waals surface area contributed by atoms with Crippen LogP contribution in [0.2, 0.25) is 0 Å². The lowest BCUT2D eigenvalue weighted by Crippen LogP contribution is -2.42. The molecule has 0 aromatic heterocycles. The first kappa shape index (κ1) is 13.7. The minimum absolute atomic E-state index is 0.0594. The van der Waals surface area contributed by atoms with Crippen molar-refractivity contribution in [3.8, 4) is 0 Å². The molecule has 5 heteroatoms. The molecule has 1 fully saturated rings. The Morgan fingerprint density at radius 2 is 2.19 bits per heavy atom. The summed E-state index contributed by atoms with van der Waals surface area (Å²) in [6, 6.07) is 0. The monoisotopic (exact) mass is 249 g/mol. The van der Waals surface area contributed by atoms with Gasteiger partial charge in [-0.2, -0.15) is 0 Å². The number of ether oxygens (including phenoxy) is 2. The zero-order valence-corrected chi connectivity index (χ0v) is 11.1. The fourth-order valence-electron chi connectivity index (χ4n) is 1.37. The van der Waals surface area contributed by atoms with Crippen LogP contribution in [0.5, 0.6) is 0 Å². The van der Waals surface area contributed by atoms with Crippen molar-refractivity contribution in [2.45, 2.75) is 39.6 Å². The third-order valence-electron chi connectivity index (χ3n) is 2.51. The molecule has 1 unspecified atom stereocenters. The summed E-state index contributed by atoms with van der Waals surface area (Å²) in [5, 5.41) is 2.83. The van der Waals surface area contributed by atoms with E-state index in [-0.39, 0.29) is 12.0 Å². The molecular formula is C11H20ClNO3. The number of rotatable bonds is 4. The van der Waals surface area contributed by atoms with E-state index in [1.165, 1.54) is 0 Å².